The lowest BCUT2D eigenvalue weighted by Gasteiger charge is -2.15. The molecule has 0 unspecified atom stereocenters. The van der Waals surface area contributed by atoms with Gasteiger partial charge in [0.15, 0.2) is 6.10 Å². The quantitative estimate of drug-likeness (QED) is 0.789. The van der Waals surface area contributed by atoms with Crippen molar-refractivity contribution in [3.05, 3.63) is 59.7 Å². The molecule has 0 radical (unpaired) electrons. The Kier molecular flexibility index (Phi) is 6.64. The van der Waals surface area contributed by atoms with Crippen molar-refractivity contribution in [1.29, 1.82) is 5.26 Å². The normalized spacial score (nSPS) is 12.5. The van der Waals surface area contributed by atoms with E-state index in [1.165, 1.54) is 19.1 Å². The first-order chi connectivity index (χ1) is 12.5. The minimum atomic E-state index is -1.32. The number of esters is 1. The molecule has 0 saturated heterocycles. The monoisotopic (exact) mass is 370 g/mol. The van der Waals surface area contributed by atoms with Gasteiger partial charge < -0.3 is 10.1 Å². The molecule has 0 saturated carbocycles. The van der Waals surface area contributed by atoms with Gasteiger partial charge in [-0.05, 0) is 37.3 Å². The van der Waals surface area contributed by atoms with Gasteiger partial charge in [0, 0.05) is 11.4 Å². The highest BCUT2D eigenvalue weighted by Crippen LogP contribution is 2.16. The molecule has 1 amide bonds. The number of anilines is 1. The largest absolute Gasteiger partial charge is 0.449 e. The third-order valence-electron chi connectivity index (χ3n) is 3.53. The molecule has 0 fully saturated rings. The zero-order valence-corrected chi connectivity index (χ0v) is 15.2. The maximum atomic E-state index is 12.4. The zero-order valence-electron chi connectivity index (χ0n) is 14.4. The molecule has 1 N–H and O–H groups in total. The highest BCUT2D eigenvalue weighted by atomic mass is 32.2. The van der Waals surface area contributed by atoms with E-state index < -0.39 is 28.8 Å². The Balaban J connectivity index is 2.08. The van der Waals surface area contributed by atoms with Crippen LogP contribution in [0.15, 0.2) is 53.4 Å². The maximum absolute atomic E-state index is 12.4. The highest BCUT2D eigenvalue weighted by molar-refractivity contribution is 7.85. The number of ether oxygens (including phenoxy) is 1. The Morgan fingerprint density at radius 1 is 1.23 bits per heavy atom. The number of benzene rings is 2. The molecule has 0 bridgehead atoms. The average Bonchev–Trinajstić information content (AvgIpc) is 2.67. The Labute approximate surface area is 154 Å². The Bertz CT molecular complexity index is 889. The molecule has 2 aromatic carbocycles. The Morgan fingerprint density at radius 3 is 2.65 bits per heavy atom. The molecule has 2 atom stereocenters. The van der Waals surface area contributed by atoms with Crippen LogP contribution in [0.1, 0.15) is 29.8 Å². The van der Waals surface area contributed by atoms with E-state index >= 15 is 0 Å². The van der Waals surface area contributed by atoms with E-state index in [9.17, 15) is 13.8 Å². The second kappa shape index (κ2) is 8.92. The highest BCUT2D eigenvalue weighted by Gasteiger charge is 2.22. The average molecular weight is 370 g/mol. The van der Waals surface area contributed by atoms with Crippen molar-refractivity contribution in [2.75, 3.05) is 11.1 Å². The van der Waals surface area contributed by atoms with Crippen LogP contribution in [0.2, 0.25) is 0 Å². The summed E-state index contributed by atoms with van der Waals surface area (Å²) in [7, 11) is -1.32. The number of carbonyl (C=O) groups is 2. The summed E-state index contributed by atoms with van der Waals surface area (Å²) >= 11 is 0. The standard InChI is InChI=1S/C19H18N2O4S/c1-3-26(24)17-10-5-4-9-16(17)19(23)25-13(2)18(22)21-15-8-6-7-14(11-15)12-20/h4-11,13H,3H2,1-2H3,(H,21,22)/t13-,26+/m1/s1. The van der Waals surface area contributed by atoms with Crippen molar-refractivity contribution in [1.82, 2.24) is 0 Å². The number of rotatable bonds is 6. The number of hydrogen-bond acceptors (Lipinski definition) is 5. The van der Waals surface area contributed by atoms with Gasteiger partial charge in [-0.25, -0.2) is 4.79 Å². The van der Waals surface area contributed by atoms with Crippen LogP contribution < -0.4 is 5.32 Å². The summed E-state index contributed by atoms with van der Waals surface area (Å²) in [6.07, 6.45) is -1.06. The van der Waals surface area contributed by atoms with Crippen molar-refractivity contribution in [3.8, 4) is 6.07 Å². The summed E-state index contributed by atoms with van der Waals surface area (Å²) in [5.41, 5.74) is 1.02. The smallest absolute Gasteiger partial charge is 0.340 e. The van der Waals surface area contributed by atoms with Crippen molar-refractivity contribution >= 4 is 28.4 Å². The van der Waals surface area contributed by atoms with E-state index in [4.69, 9.17) is 10.00 Å². The fourth-order valence-corrected chi connectivity index (χ4v) is 3.12. The predicted molar refractivity (Wildman–Crippen MR) is 98.1 cm³/mol. The van der Waals surface area contributed by atoms with Gasteiger partial charge in [0.25, 0.3) is 5.91 Å². The second-order valence-electron chi connectivity index (χ2n) is 5.36. The van der Waals surface area contributed by atoms with Crippen molar-refractivity contribution in [2.45, 2.75) is 24.8 Å². The SMILES string of the molecule is CC[S@](=O)c1ccccc1C(=O)O[C@H](C)C(=O)Nc1cccc(C#N)c1. The third kappa shape index (κ3) is 4.77. The molecule has 2 aromatic rings. The van der Waals surface area contributed by atoms with Crippen LogP contribution >= 0.6 is 0 Å². The third-order valence-corrected chi connectivity index (χ3v) is 4.90. The lowest BCUT2D eigenvalue weighted by Crippen LogP contribution is -2.30. The van der Waals surface area contributed by atoms with Gasteiger partial charge in [-0.3, -0.25) is 9.00 Å². The molecule has 6 nitrogen and oxygen atoms in total. The first-order valence-electron chi connectivity index (χ1n) is 7.95. The molecule has 0 aliphatic carbocycles. The zero-order chi connectivity index (χ0) is 19.1. The van der Waals surface area contributed by atoms with Crippen LogP contribution in [-0.4, -0.2) is 27.9 Å². The van der Waals surface area contributed by atoms with Gasteiger partial charge in [-0.2, -0.15) is 5.26 Å². The molecule has 26 heavy (non-hydrogen) atoms. The van der Waals surface area contributed by atoms with Gasteiger partial charge in [-0.1, -0.05) is 25.1 Å². The fraction of sp³-hybridized carbons (Fsp3) is 0.211. The van der Waals surface area contributed by atoms with Crippen LogP contribution in [0.4, 0.5) is 5.69 Å². The van der Waals surface area contributed by atoms with E-state index in [1.807, 2.05) is 6.07 Å². The lowest BCUT2D eigenvalue weighted by atomic mass is 10.2. The van der Waals surface area contributed by atoms with Crippen molar-refractivity contribution in [3.63, 3.8) is 0 Å². The number of nitrogens with one attached hydrogen (secondary N) is 1. The minimum absolute atomic E-state index is 0.179. The first kappa shape index (κ1) is 19.3. The fourth-order valence-electron chi connectivity index (χ4n) is 2.18. The maximum Gasteiger partial charge on any atom is 0.340 e. The van der Waals surface area contributed by atoms with Gasteiger partial charge in [0.1, 0.15) is 0 Å². The van der Waals surface area contributed by atoms with Gasteiger partial charge >= 0.3 is 5.97 Å². The Hall–Kier alpha value is -2.98. The van der Waals surface area contributed by atoms with Gasteiger partial charge in [0.05, 0.1) is 32.9 Å². The topological polar surface area (TPSA) is 96.3 Å². The second-order valence-corrected chi connectivity index (χ2v) is 7.07. The molecular formula is C19H18N2O4S. The van der Waals surface area contributed by atoms with E-state index in [2.05, 4.69) is 5.32 Å². The first-order valence-corrected chi connectivity index (χ1v) is 9.27. The van der Waals surface area contributed by atoms with E-state index in [0.29, 0.717) is 21.9 Å². The van der Waals surface area contributed by atoms with E-state index in [0.717, 1.165) is 0 Å². The van der Waals surface area contributed by atoms with Crippen molar-refractivity contribution < 1.29 is 18.5 Å². The molecule has 0 aliphatic rings. The predicted octanol–water partition coefficient (Wildman–Crippen LogP) is 2.87. The van der Waals surface area contributed by atoms with Crippen molar-refractivity contribution in [2.24, 2.45) is 0 Å². The van der Waals surface area contributed by atoms with Crippen LogP contribution in [0.25, 0.3) is 0 Å². The molecular weight excluding hydrogens is 352 g/mol. The van der Waals surface area contributed by atoms with Crippen LogP contribution in [-0.2, 0) is 20.3 Å². The lowest BCUT2D eigenvalue weighted by molar-refractivity contribution is -0.123. The molecule has 0 heterocycles. The summed E-state index contributed by atoms with van der Waals surface area (Å²) in [6, 6.07) is 14.8. The summed E-state index contributed by atoms with van der Waals surface area (Å²) in [5.74, 6) is -0.867. The summed E-state index contributed by atoms with van der Waals surface area (Å²) in [5, 5.41) is 11.5. The number of hydrogen-bond donors (Lipinski definition) is 1. The number of amides is 1. The Morgan fingerprint density at radius 2 is 1.96 bits per heavy atom. The number of nitrogens with zero attached hydrogens (tertiary/aromatic N) is 1. The molecule has 0 spiro atoms. The molecule has 0 aliphatic heterocycles. The van der Waals surface area contributed by atoms with Gasteiger partial charge in [0.2, 0.25) is 0 Å². The van der Waals surface area contributed by atoms with E-state index in [-0.39, 0.29) is 5.56 Å². The number of carbonyl (C=O) groups excluding carboxylic acids is 2. The van der Waals surface area contributed by atoms with Crippen LogP contribution in [0.5, 0.6) is 0 Å². The molecule has 134 valence electrons. The summed E-state index contributed by atoms with van der Waals surface area (Å²) in [4.78, 5) is 25.0. The summed E-state index contributed by atoms with van der Waals surface area (Å²) < 4.78 is 17.3. The molecule has 2 rings (SSSR count). The van der Waals surface area contributed by atoms with Gasteiger partial charge in [-0.15, -0.1) is 0 Å². The van der Waals surface area contributed by atoms with Crippen LogP contribution in [0, 0.1) is 11.3 Å². The molecule has 7 heteroatoms. The minimum Gasteiger partial charge on any atom is -0.449 e. The molecule has 0 aromatic heterocycles. The number of nitriles is 1. The van der Waals surface area contributed by atoms with E-state index in [1.54, 1.807) is 43.3 Å². The summed E-state index contributed by atoms with van der Waals surface area (Å²) in [6.45, 7) is 3.20. The van der Waals surface area contributed by atoms with Crippen LogP contribution in [0.3, 0.4) is 0 Å².